The number of rotatable bonds is 7. The van der Waals surface area contributed by atoms with Crippen molar-refractivity contribution in [2.45, 2.75) is 63.6 Å². The molecule has 0 saturated heterocycles. The van der Waals surface area contributed by atoms with Crippen LogP contribution in [0.15, 0.2) is 30.3 Å². The Bertz CT molecular complexity index is 679. The lowest BCUT2D eigenvalue weighted by molar-refractivity contribution is -0.144. The molecule has 0 aliphatic heterocycles. The Morgan fingerprint density at radius 1 is 1.04 bits per heavy atom. The third-order valence-electron chi connectivity index (χ3n) is 4.60. The number of methoxy groups -OCH3 is 2. The molecule has 1 aromatic rings. The lowest BCUT2D eigenvalue weighted by Crippen LogP contribution is -2.47. The van der Waals surface area contributed by atoms with Crippen LogP contribution in [0.4, 0.5) is 4.79 Å². The van der Waals surface area contributed by atoms with Crippen molar-refractivity contribution in [2.24, 2.45) is 0 Å². The van der Waals surface area contributed by atoms with Crippen LogP contribution in [-0.2, 0) is 23.8 Å². The van der Waals surface area contributed by atoms with Gasteiger partial charge < -0.3 is 19.1 Å². The standard InChI is InChI=1S/C21H29NO6/c1-21(2,3)28-20(25)22(15(11-18(23)26-4)12-19(24)27-5)17-13-16(17)14-9-7-6-8-10-14/h6-10,15-17H,11-13H2,1-5H3/t16-,17+/m0/s1. The summed E-state index contributed by atoms with van der Waals surface area (Å²) < 4.78 is 15.1. The first-order valence-corrected chi connectivity index (χ1v) is 9.36. The molecular formula is C21H29NO6. The second-order valence-electron chi connectivity index (χ2n) is 7.92. The van der Waals surface area contributed by atoms with Crippen molar-refractivity contribution in [3.05, 3.63) is 35.9 Å². The highest BCUT2D eigenvalue weighted by Crippen LogP contribution is 2.46. The molecule has 1 saturated carbocycles. The molecule has 7 heteroatoms. The minimum Gasteiger partial charge on any atom is -0.469 e. The van der Waals surface area contributed by atoms with E-state index in [1.807, 2.05) is 30.3 Å². The van der Waals surface area contributed by atoms with Gasteiger partial charge in [0, 0.05) is 12.0 Å². The van der Waals surface area contributed by atoms with E-state index >= 15 is 0 Å². The number of carbonyl (C=O) groups excluding carboxylic acids is 3. The third kappa shape index (κ3) is 5.97. The van der Waals surface area contributed by atoms with Crippen LogP contribution in [0.25, 0.3) is 0 Å². The minimum absolute atomic E-state index is 0.108. The van der Waals surface area contributed by atoms with Gasteiger partial charge in [-0.15, -0.1) is 0 Å². The summed E-state index contributed by atoms with van der Waals surface area (Å²) in [6.45, 7) is 5.33. The van der Waals surface area contributed by atoms with Crippen molar-refractivity contribution in [2.75, 3.05) is 14.2 Å². The molecule has 0 N–H and O–H groups in total. The summed E-state index contributed by atoms with van der Waals surface area (Å²) in [5.41, 5.74) is 0.407. The van der Waals surface area contributed by atoms with Crippen LogP contribution in [0.5, 0.6) is 0 Å². The molecule has 1 fully saturated rings. The predicted octanol–water partition coefficient (Wildman–Crippen LogP) is 3.27. The Morgan fingerprint density at radius 3 is 2.04 bits per heavy atom. The van der Waals surface area contributed by atoms with Gasteiger partial charge in [0.1, 0.15) is 5.60 Å². The fourth-order valence-corrected chi connectivity index (χ4v) is 3.24. The van der Waals surface area contributed by atoms with E-state index in [0.29, 0.717) is 0 Å². The van der Waals surface area contributed by atoms with Crippen LogP contribution >= 0.6 is 0 Å². The van der Waals surface area contributed by atoms with Crippen molar-refractivity contribution in [1.82, 2.24) is 4.90 Å². The van der Waals surface area contributed by atoms with Crippen LogP contribution in [0.2, 0.25) is 0 Å². The Hall–Kier alpha value is -2.57. The monoisotopic (exact) mass is 391 g/mol. The fourth-order valence-electron chi connectivity index (χ4n) is 3.24. The minimum atomic E-state index is -0.701. The fraction of sp³-hybridized carbons (Fsp3) is 0.571. The molecule has 7 nitrogen and oxygen atoms in total. The second kappa shape index (κ2) is 9.08. The van der Waals surface area contributed by atoms with E-state index in [9.17, 15) is 14.4 Å². The van der Waals surface area contributed by atoms with E-state index in [2.05, 4.69) is 0 Å². The highest BCUT2D eigenvalue weighted by molar-refractivity contribution is 5.77. The first kappa shape index (κ1) is 21.7. The van der Waals surface area contributed by atoms with E-state index in [1.54, 1.807) is 20.8 Å². The van der Waals surface area contributed by atoms with Crippen molar-refractivity contribution in [1.29, 1.82) is 0 Å². The van der Waals surface area contributed by atoms with Gasteiger partial charge in [0.05, 0.1) is 33.1 Å². The number of hydrogen-bond acceptors (Lipinski definition) is 6. The molecule has 1 aromatic carbocycles. The SMILES string of the molecule is COC(=O)CC(CC(=O)OC)N(C(=O)OC(C)(C)C)[C@@H]1C[C@H]1c1ccccc1. The van der Waals surface area contributed by atoms with E-state index in [-0.39, 0.29) is 24.8 Å². The summed E-state index contributed by atoms with van der Waals surface area (Å²) in [5.74, 6) is -0.870. The maximum atomic E-state index is 13.0. The Kier molecular flexibility index (Phi) is 7.05. The van der Waals surface area contributed by atoms with E-state index in [0.717, 1.165) is 12.0 Å². The molecule has 0 heterocycles. The molecule has 0 unspecified atom stereocenters. The Morgan fingerprint density at radius 2 is 1.57 bits per heavy atom. The van der Waals surface area contributed by atoms with E-state index in [1.165, 1.54) is 19.1 Å². The average molecular weight is 391 g/mol. The lowest BCUT2D eigenvalue weighted by Gasteiger charge is -2.33. The first-order chi connectivity index (χ1) is 13.2. The molecule has 0 spiro atoms. The summed E-state index contributed by atoms with van der Waals surface area (Å²) in [7, 11) is 2.55. The van der Waals surface area contributed by atoms with Crippen molar-refractivity contribution in [3.8, 4) is 0 Å². The summed E-state index contributed by atoms with van der Waals surface area (Å²) in [4.78, 5) is 38.4. The number of amides is 1. The quantitative estimate of drug-likeness (QED) is 0.524. The van der Waals surface area contributed by atoms with Gasteiger partial charge in [-0.05, 0) is 32.8 Å². The van der Waals surface area contributed by atoms with E-state index < -0.39 is 29.7 Å². The largest absolute Gasteiger partial charge is 0.469 e. The summed E-state index contributed by atoms with van der Waals surface area (Å²) in [6.07, 6.45) is -0.0258. The number of nitrogens with zero attached hydrogens (tertiary/aromatic N) is 1. The van der Waals surface area contributed by atoms with Gasteiger partial charge >= 0.3 is 18.0 Å². The van der Waals surface area contributed by atoms with Crippen LogP contribution in [0.3, 0.4) is 0 Å². The van der Waals surface area contributed by atoms with E-state index in [4.69, 9.17) is 14.2 Å². The number of ether oxygens (including phenoxy) is 3. The topological polar surface area (TPSA) is 82.1 Å². The molecule has 0 aromatic heterocycles. The van der Waals surface area contributed by atoms with Gasteiger partial charge in [-0.2, -0.15) is 0 Å². The van der Waals surface area contributed by atoms with Gasteiger partial charge in [0.15, 0.2) is 0 Å². The summed E-state index contributed by atoms with van der Waals surface area (Å²) >= 11 is 0. The summed E-state index contributed by atoms with van der Waals surface area (Å²) in [5, 5.41) is 0. The molecule has 0 radical (unpaired) electrons. The van der Waals surface area contributed by atoms with Gasteiger partial charge in [-0.1, -0.05) is 30.3 Å². The number of esters is 2. The molecule has 154 valence electrons. The van der Waals surface area contributed by atoms with Crippen LogP contribution in [0.1, 0.15) is 51.5 Å². The van der Waals surface area contributed by atoms with Crippen molar-refractivity contribution < 1.29 is 28.6 Å². The van der Waals surface area contributed by atoms with Crippen molar-refractivity contribution in [3.63, 3.8) is 0 Å². The van der Waals surface area contributed by atoms with Crippen LogP contribution < -0.4 is 0 Å². The smallest absolute Gasteiger partial charge is 0.410 e. The zero-order chi connectivity index (χ0) is 20.9. The molecule has 2 rings (SSSR count). The van der Waals surface area contributed by atoms with Crippen LogP contribution in [-0.4, -0.2) is 54.8 Å². The number of carbonyl (C=O) groups is 3. The summed E-state index contributed by atoms with van der Waals surface area (Å²) in [6, 6.07) is 8.99. The predicted molar refractivity (Wildman–Crippen MR) is 103 cm³/mol. The number of benzene rings is 1. The lowest BCUT2D eigenvalue weighted by atomic mass is 10.1. The maximum absolute atomic E-state index is 13.0. The molecule has 0 bridgehead atoms. The zero-order valence-electron chi connectivity index (χ0n) is 17.1. The van der Waals surface area contributed by atoms with Gasteiger partial charge in [0.25, 0.3) is 0 Å². The first-order valence-electron chi connectivity index (χ1n) is 9.36. The zero-order valence-corrected chi connectivity index (χ0v) is 17.1. The molecule has 1 amide bonds. The Balaban J connectivity index is 2.30. The highest BCUT2D eigenvalue weighted by Gasteiger charge is 2.49. The molecule has 1 aliphatic rings. The van der Waals surface area contributed by atoms with Gasteiger partial charge in [-0.25, -0.2) is 4.79 Å². The average Bonchev–Trinajstić information content (AvgIpc) is 3.41. The van der Waals surface area contributed by atoms with Gasteiger partial charge in [0.2, 0.25) is 0 Å². The molecule has 28 heavy (non-hydrogen) atoms. The second-order valence-corrected chi connectivity index (χ2v) is 7.92. The molecule has 1 aliphatic carbocycles. The third-order valence-corrected chi connectivity index (χ3v) is 4.60. The van der Waals surface area contributed by atoms with Crippen molar-refractivity contribution >= 4 is 18.0 Å². The normalized spacial score (nSPS) is 18.4. The molecular weight excluding hydrogens is 362 g/mol. The molecule has 2 atom stereocenters. The van der Waals surface area contributed by atoms with Crippen LogP contribution in [0, 0.1) is 0 Å². The van der Waals surface area contributed by atoms with Gasteiger partial charge in [-0.3, -0.25) is 9.59 Å². The Labute approximate surface area is 165 Å². The number of hydrogen-bond donors (Lipinski definition) is 0. The highest BCUT2D eigenvalue weighted by atomic mass is 16.6. The maximum Gasteiger partial charge on any atom is 0.410 e.